The Kier molecular flexibility index (Phi) is 4.66. The van der Waals surface area contributed by atoms with Crippen molar-refractivity contribution in [2.75, 3.05) is 18.0 Å². The number of ketones is 1. The number of piperidine rings is 1. The van der Waals surface area contributed by atoms with Gasteiger partial charge < -0.3 is 4.90 Å². The Morgan fingerprint density at radius 1 is 0.882 bits per heavy atom. The van der Waals surface area contributed by atoms with Crippen LogP contribution in [0, 0.1) is 18.8 Å². The number of hydrogen-bond acceptors (Lipinski definition) is 5. The summed E-state index contributed by atoms with van der Waals surface area (Å²) in [5.41, 5.74) is 5.15. The van der Waals surface area contributed by atoms with E-state index < -0.39 is 0 Å². The summed E-state index contributed by atoms with van der Waals surface area (Å²) in [6.07, 6.45) is 1.16. The van der Waals surface area contributed by atoms with Crippen LogP contribution in [0.2, 0.25) is 0 Å². The van der Waals surface area contributed by atoms with E-state index in [2.05, 4.69) is 23.7 Å². The molecule has 1 N–H and O–H groups in total. The summed E-state index contributed by atoms with van der Waals surface area (Å²) in [5, 5.41) is 0.366. The normalized spacial score (nSPS) is 19.4. The van der Waals surface area contributed by atoms with E-state index in [0.29, 0.717) is 51.2 Å². The minimum absolute atomic E-state index is 0.0993. The van der Waals surface area contributed by atoms with Gasteiger partial charge in [-0.3, -0.25) is 14.6 Å². The summed E-state index contributed by atoms with van der Waals surface area (Å²) in [7, 11) is 0. The maximum Gasteiger partial charge on any atom is 0.262 e. The van der Waals surface area contributed by atoms with Crippen molar-refractivity contribution in [1.82, 2.24) is 15.0 Å². The maximum atomic E-state index is 13.6. The van der Waals surface area contributed by atoms with Crippen molar-refractivity contribution >= 4 is 22.8 Å². The molecule has 0 spiro atoms. The van der Waals surface area contributed by atoms with E-state index in [-0.39, 0.29) is 11.3 Å². The second-order valence-corrected chi connectivity index (χ2v) is 9.89. The molecule has 3 heterocycles. The second kappa shape index (κ2) is 7.62. The Morgan fingerprint density at radius 2 is 1.56 bits per heavy atom. The number of H-pyrrole nitrogens is 1. The molecular formula is C28H26N4O2. The van der Waals surface area contributed by atoms with Crippen LogP contribution in [0.4, 0.5) is 5.95 Å². The van der Waals surface area contributed by atoms with Crippen LogP contribution < -0.4 is 10.5 Å². The molecule has 1 fully saturated rings. The first-order valence-electron chi connectivity index (χ1n) is 11.8. The lowest BCUT2D eigenvalue weighted by Gasteiger charge is -2.35. The molecule has 2 aliphatic rings. The van der Waals surface area contributed by atoms with Crippen molar-refractivity contribution in [1.29, 1.82) is 0 Å². The van der Waals surface area contributed by atoms with Gasteiger partial charge in [0.1, 0.15) is 0 Å². The zero-order valence-corrected chi connectivity index (χ0v) is 19.6. The molecule has 34 heavy (non-hydrogen) atoms. The number of nitrogens with zero attached hydrogens (tertiary/aromatic N) is 3. The highest BCUT2D eigenvalue weighted by molar-refractivity contribution is 6.26. The number of anilines is 1. The molecule has 0 unspecified atom stereocenters. The van der Waals surface area contributed by atoms with Gasteiger partial charge in [0.25, 0.3) is 5.56 Å². The van der Waals surface area contributed by atoms with Crippen molar-refractivity contribution in [2.45, 2.75) is 27.2 Å². The number of hydrogen-bond donors (Lipinski definition) is 1. The van der Waals surface area contributed by atoms with E-state index in [1.807, 2.05) is 55.5 Å². The number of benzene rings is 2. The molecule has 6 nitrogen and oxygen atoms in total. The van der Waals surface area contributed by atoms with Gasteiger partial charge in [-0.25, -0.2) is 4.98 Å². The summed E-state index contributed by atoms with van der Waals surface area (Å²) in [5.74, 6) is 1.49. The molecule has 6 heteroatoms. The lowest BCUT2D eigenvalue weighted by Crippen LogP contribution is -2.40. The third kappa shape index (κ3) is 3.16. The largest absolute Gasteiger partial charge is 0.342 e. The number of fused-ring (bicyclic) bond motifs is 4. The summed E-state index contributed by atoms with van der Waals surface area (Å²) in [6.45, 7) is 8.16. The monoisotopic (exact) mass is 450 g/mol. The van der Waals surface area contributed by atoms with Crippen LogP contribution in [0.25, 0.3) is 33.4 Å². The molecule has 1 saturated heterocycles. The number of aryl methyl sites for hydroxylation is 1. The Balaban J connectivity index is 1.65. The summed E-state index contributed by atoms with van der Waals surface area (Å²) >= 11 is 0. The van der Waals surface area contributed by atoms with Gasteiger partial charge >= 0.3 is 0 Å². The minimum Gasteiger partial charge on any atom is -0.342 e. The molecule has 4 aromatic rings. The highest BCUT2D eigenvalue weighted by atomic mass is 16.1. The summed E-state index contributed by atoms with van der Waals surface area (Å²) in [6, 6.07) is 15.4. The fourth-order valence-electron chi connectivity index (χ4n) is 5.59. The molecule has 6 rings (SSSR count). The number of carbonyl (C=O) groups is 1. The van der Waals surface area contributed by atoms with Crippen LogP contribution in [-0.4, -0.2) is 33.8 Å². The van der Waals surface area contributed by atoms with Crippen LogP contribution in [0.3, 0.4) is 0 Å². The molecule has 2 aromatic carbocycles. The van der Waals surface area contributed by atoms with E-state index in [1.165, 1.54) is 0 Å². The average molecular weight is 451 g/mol. The van der Waals surface area contributed by atoms with Gasteiger partial charge in [0.15, 0.2) is 11.4 Å². The lowest BCUT2D eigenvalue weighted by molar-refractivity contribution is 0.104. The molecule has 2 aromatic heterocycles. The van der Waals surface area contributed by atoms with E-state index >= 15 is 0 Å². The molecule has 0 radical (unpaired) electrons. The molecule has 1 aliphatic carbocycles. The maximum absolute atomic E-state index is 13.6. The third-order valence-electron chi connectivity index (χ3n) is 7.00. The molecular weight excluding hydrogens is 424 g/mol. The summed E-state index contributed by atoms with van der Waals surface area (Å²) in [4.78, 5) is 41.9. The van der Waals surface area contributed by atoms with E-state index in [1.54, 1.807) is 0 Å². The van der Waals surface area contributed by atoms with Gasteiger partial charge in [0.05, 0.1) is 16.6 Å². The first kappa shape index (κ1) is 20.8. The zero-order chi connectivity index (χ0) is 23.6. The van der Waals surface area contributed by atoms with Crippen LogP contribution in [0.15, 0.2) is 53.3 Å². The van der Waals surface area contributed by atoms with E-state index in [0.717, 1.165) is 36.2 Å². The van der Waals surface area contributed by atoms with Crippen molar-refractivity contribution in [3.63, 3.8) is 0 Å². The Hall–Kier alpha value is -3.80. The molecule has 0 bridgehead atoms. The Morgan fingerprint density at radius 3 is 2.26 bits per heavy atom. The third-order valence-corrected chi connectivity index (χ3v) is 7.00. The number of nitrogens with one attached hydrogen (secondary N) is 1. The van der Waals surface area contributed by atoms with Crippen LogP contribution >= 0.6 is 0 Å². The van der Waals surface area contributed by atoms with Gasteiger partial charge in [0.2, 0.25) is 5.95 Å². The van der Waals surface area contributed by atoms with Gasteiger partial charge in [0, 0.05) is 29.8 Å². The summed E-state index contributed by atoms with van der Waals surface area (Å²) < 4.78 is 0. The highest BCUT2D eigenvalue weighted by Gasteiger charge is 2.34. The standard InChI is InChI=1S/C28H26N4O2/c1-15-8-10-18(11-9-15)21-22-24(19-6-4-5-7-20(19)25(22)33)29-26-23(21)27(34)31-28(30-26)32-13-16(2)12-17(3)14-32/h4-11,16-17H,12-14H2,1-3H3,(H,29,30,31,34)/t16-,17-/m1/s1. The Bertz CT molecular complexity index is 1510. The van der Waals surface area contributed by atoms with Gasteiger partial charge in [-0.1, -0.05) is 67.9 Å². The predicted molar refractivity (Wildman–Crippen MR) is 134 cm³/mol. The predicted octanol–water partition coefficient (Wildman–Crippen LogP) is 4.99. The van der Waals surface area contributed by atoms with Crippen molar-refractivity contribution in [3.05, 3.63) is 75.6 Å². The van der Waals surface area contributed by atoms with E-state index in [4.69, 9.17) is 9.97 Å². The van der Waals surface area contributed by atoms with Crippen molar-refractivity contribution in [2.24, 2.45) is 11.8 Å². The van der Waals surface area contributed by atoms with Crippen LogP contribution in [-0.2, 0) is 0 Å². The number of aromatic amines is 1. The Labute approximate surface area is 197 Å². The SMILES string of the molecule is Cc1ccc(-c2c3c(nc4nc(N5C[C@H](C)C[C@@H](C)C5)[nH]c(=O)c24)-c2ccccc2C3=O)cc1. The van der Waals surface area contributed by atoms with Crippen LogP contribution in [0.1, 0.15) is 41.8 Å². The average Bonchev–Trinajstić information content (AvgIpc) is 3.09. The first-order chi connectivity index (χ1) is 16.4. The van der Waals surface area contributed by atoms with Gasteiger partial charge in [-0.15, -0.1) is 0 Å². The van der Waals surface area contributed by atoms with Crippen LogP contribution in [0.5, 0.6) is 0 Å². The second-order valence-electron chi connectivity index (χ2n) is 9.89. The lowest BCUT2D eigenvalue weighted by atomic mass is 9.92. The number of carbonyl (C=O) groups excluding carboxylic acids is 1. The topological polar surface area (TPSA) is 79.0 Å². The molecule has 170 valence electrons. The highest BCUT2D eigenvalue weighted by Crippen LogP contribution is 2.42. The molecule has 2 atom stereocenters. The molecule has 1 aliphatic heterocycles. The number of aromatic nitrogens is 3. The number of pyridine rings is 1. The van der Waals surface area contributed by atoms with Crippen molar-refractivity contribution < 1.29 is 4.79 Å². The van der Waals surface area contributed by atoms with E-state index in [9.17, 15) is 9.59 Å². The number of rotatable bonds is 2. The molecule has 0 amide bonds. The zero-order valence-electron chi connectivity index (χ0n) is 19.6. The molecule has 0 saturated carbocycles. The van der Waals surface area contributed by atoms with Gasteiger partial charge in [-0.05, 0) is 30.7 Å². The minimum atomic E-state index is -0.263. The van der Waals surface area contributed by atoms with Crippen molar-refractivity contribution in [3.8, 4) is 22.4 Å². The fourth-order valence-corrected chi connectivity index (χ4v) is 5.59. The fraction of sp³-hybridized carbons (Fsp3) is 0.286. The van der Waals surface area contributed by atoms with Gasteiger partial charge in [-0.2, -0.15) is 4.98 Å². The smallest absolute Gasteiger partial charge is 0.262 e. The quantitative estimate of drug-likeness (QED) is 0.410. The first-order valence-corrected chi connectivity index (χ1v) is 11.8.